The molecular formula is C14H11F3N3O3S. The van der Waals surface area contributed by atoms with E-state index in [0.717, 1.165) is 29.8 Å². The second-order valence-electron chi connectivity index (χ2n) is 5.02. The third-order valence-corrected chi connectivity index (χ3v) is 5.31. The van der Waals surface area contributed by atoms with Crippen LogP contribution in [0.3, 0.4) is 0 Å². The van der Waals surface area contributed by atoms with Crippen LogP contribution in [0.5, 0.6) is 5.75 Å². The van der Waals surface area contributed by atoms with E-state index in [1.807, 2.05) is 0 Å². The number of ether oxygens (including phenoxy) is 1. The van der Waals surface area contributed by atoms with Crippen LogP contribution in [0.25, 0.3) is 0 Å². The van der Waals surface area contributed by atoms with Gasteiger partial charge in [0.15, 0.2) is 0 Å². The maximum atomic E-state index is 12.6. The van der Waals surface area contributed by atoms with E-state index in [-0.39, 0.29) is 18.0 Å². The fraction of sp³-hybridized carbons (Fsp3) is 0.286. The first kappa shape index (κ1) is 16.7. The Hall–Kier alpha value is -2.20. The smallest absolute Gasteiger partial charge is 0.406 e. The highest BCUT2D eigenvalue weighted by atomic mass is 32.2. The summed E-state index contributed by atoms with van der Waals surface area (Å²) in [5.41, 5.74) is 1.33. The topological polar surface area (TPSA) is 72.4 Å². The molecule has 1 aromatic heterocycles. The van der Waals surface area contributed by atoms with Gasteiger partial charge in [-0.2, -0.15) is 4.31 Å². The van der Waals surface area contributed by atoms with Crippen molar-refractivity contribution in [2.45, 2.75) is 24.2 Å². The number of aromatic nitrogens is 2. The molecule has 0 bridgehead atoms. The van der Waals surface area contributed by atoms with Crippen molar-refractivity contribution in [1.29, 1.82) is 0 Å². The van der Waals surface area contributed by atoms with Crippen molar-refractivity contribution in [1.82, 2.24) is 14.3 Å². The van der Waals surface area contributed by atoms with Crippen LogP contribution in [0.4, 0.5) is 13.2 Å². The van der Waals surface area contributed by atoms with Crippen LogP contribution in [0.2, 0.25) is 0 Å². The molecule has 1 radical (unpaired) electrons. The van der Waals surface area contributed by atoms with Gasteiger partial charge >= 0.3 is 6.36 Å². The number of hydrogen-bond donors (Lipinski definition) is 0. The largest absolute Gasteiger partial charge is 0.573 e. The molecule has 3 rings (SSSR count). The number of sulfonamides is 1. The van der Waals surface area contributed by atoms with Gasteiger partial charge < -0.3 is 4.74 Å². The molecule has 1 aliphatic heterocycles. The van der Waals surface area contributed by atoms with Crippen LogP contribution >= 0.6 is 0 Å². The third-order valence-electron chi connectivity index (χ3n) is 3.45. The molecule has 10 heteroatoms. The summed E-state index contributed by atoms with van der Waals surface area (Å²) in [6.07, 6.45) is -0.342. The van der Waals surface area contributed by atoms with Gasteiger partial charge in [0, 0.05) is 12.1 Å². The molecule has 24 heavy (non-hydrogen) atoms. The molecule has 0 atom stereocenters. The molecule has 127 valence electrons. The number of benzene rings is 1. The van der Waals surface area contributed by atoms with Crippen molar-refractivity contribution < 1.29 is 26.3 Å². The van der Waals surface area contributed by atoms with Gasteiger partial charge in [0.2, 0.25) is 10.0 Å². The molecule has 0 N–H and O–H groups in total. The second-order valence-corrected chi connectivity index (χ2v) is 6.96. The minimum Gasteiger partial charge on any atom is -0.406 e. The Morgan fingerprint density at radius 1 is 1.21 bits per heavy atom. The molecule has 1 aliphatic rings. The molecule has 0 amide bonds. The maximum absolute atomic E-state index is 12.6. The maximum Gasteiger partial charge on any atom is 0.573 e. The van der Waals surface area contributed by atoms with E-state index in [9.17, 15) is 21.6 Å². The average molecular weight is 358 g/mol. The first-order valence-electron chi connectivity index (χ1n) is 6.82. The molecule has 2 heterocycles. The molecule has 0 saturated heterocycles. The Bertz CT molecular complexity index is 838. The number of rotatable bonds is 3. The zero-order valence-corrected chi connectivity index (χ0v) is 12.9. The van der Waals surface area contributed by atoms with E-state index in [1.54, 1.807) is 0 Å². The van der Waals surface area contributed by atoms with E-state index >= 15 is 0 Å². The SMILES string of the molecule is O=S(=O)(c1ccc(OC(F)(F)F)cc1)N1CCc2[c]ncnc2C1. The predicted octanol–water partition coefficient (Wildman–Crippen LogP) is 1.92. The van der Waals surface area contributed by atoms with Crippen molar-refractivity contribution in [2.75, 3.05) is 6.54 Å². The minimum absolute atomic E-state index is 0.0670. The molecule has 1 aromatic carbocycles. The molecule has 0 saturated carbocycles. The minimum atomic E-state index is -4.83. The van der Waals surface area contributed by atoms with Crippen LogP contribution in [0.1, 0.15) is 11.3 Å². The zero-order valence-electron chi connectivity index (χ0n) is 12.1. The van der Waals surface area contributed by atoms with Gasteiger partial charge in [-0.05, 0) is 30.7 Å². The molecular weight excluding hydrogens is 347 g/mol. The molecule has 6 nitrogen and oxygen atoms in total. The molecule has 0 unspecified atom stereocenters. The van der Waals surface area contributed by atoms with Gasteiger partial charge in [-0.15, -0.1) is 13.2 Å². The molecule has 0 aliphatic carbocycles. The Morgan fingerprint density at radius 3 is 2.58 bits per heavy atom. The van der Waals surface area contributed by atoms with E-state index in [1.165, 1.54) is 10.6 Å². The summed E-state index contributed by atoms with van der Waals surface area (Å²) in [4.78, 5) is 7.70. The summed E-state index contributed by atoms with van der Waals surface area (Å²) in [5.74, 6) is -0.479. The standard InChI is InChI=1S/C14H11F3N3O3S/c15-14(16,17)23-11-1-3-12(4-2-11)24(21,22)20-6-5-10-7-18-9-19-13(10)8-20/h1-4,9H,5-6,8H2. The molecule has 0 fully saturated rings. The highest BCUT2D eigenvalue weighted by Crippen LogP contribution is 2.27. The Labute approximate surface area is 136 Å². The monoisotopic (exact) mass is 358 g/mol. The van der Waals surface area contributed by atoms with Crippen LogP contribution in [0.15, 0.2) is 35.5 Å². The fourth-order valence-electron chi connectivity index (χ4n) is 2.33. The summed E-state index contributed by atoms with van der Waals surface area (Å²) >= 11 is 0. The van der Waals surface area contributed by atoms with E-state index in [0.29, 0.717) is 12.1 Å². The van der Waals surface area contributed by atoms with Crippen molar-refractivity contribution in [3.05, 3.63) is 48.0 Å². The number of nitrogens with zero attached hydrogens (tertiary/aromatic N) is 3. The zero-order chi connectivity index (χ0) is 17.4. The highest BCUT2D eigenvalue weighted by Gasteiger charge is 2.32. The van der Waals surface area contributed by atoms with Gasteiger partial charge in [0.05, 0.1) is 23.3 Å². The number of fused-ring (bicyclic) bond motifs is 1. The van der Waals surface area contributed by atoms with Gasteiger partial charge in [0.1, 0.15) is 12.1 Å². The van der Waals surface area contributed by atoms with Crippen molar-refractivity contribution in [3.8, 4) is 5.75 Å². The lowest BCUT2D eigenvalue weighted by atomic mass is 10.1. The third kappa shape index (κ3) is 3.49. The van der Waals surface area contributed by atoms with Crippen LogP contribution in [0, 0.1) is 6.20 Å². The Balaban J connectivity index is 1.81. The quantitative estimate of drug-likeness (QED) is 0.838. The fourth-order valence-corrected chi connectivity index (χ4v) is 3.74. The van der Waals surface area contributed by atoms with E-state index < -0.39 is 22.1 Å². The normalized spacial score (nSPS) is 15.8. The Kier molecular flexibility index (Phi) is 4.18. The average Bonchev–Trinajstić information content (AvgIpc) is 2.53. The number of halogens is 3. The van der Waals surface area contributed by atoms with Gasteiger partial charge in [-0.3, -0.25) is 0 Å². The van der Waals surface area contributed by atoms with Crippen LogP contribution in [-0.4, -0.2) is 35.6 Å². The lowest BCUT2D eigenvalue weighted by molar-refractivity contribution is -0.274. The second kappa shape index (κ2) is 6.02. The summed E-state index contributed by atoms with van der Waals surface area (Å²) < 4.78 is 66.6. The number of alkyl halides is 3. The van der Waals surface area contributed by atoms with E-state index in [2.05, 4.69) is 20.9 Å². The van der Waals surface area contributed by atoms with Crippen LogP contribution in [-0.2, 0) is 23.0 Å². The summed E-state index contributed by atoms with van der Waals surface area (Å²) in [5, 5.41) is 0. The van der Waals surface area contributed by atoms with Gasteiger partial charge in [-0.25, -0.2) is 18.4 Å². The van der Waals surface area contributed by atoms with Gasteiger partial charge in [0.25, 0.3) is 0 Å². The van der Waals surface area contributed by atoms with Crippen molar-refractivity contribution >= 4 is 10.0 Å². The summed E-state index contributed by atoms with van der Waals surface area (Å²) in [6.45, 7) is 0.289. The predicted molar refractivity (Wildman–Crippen MR) is 75.3 cm³/mol. The number of hydrogen-bond acceptors (Lipinski definition) is 5. The first-order chi connectivity index (χ1) is 11.3. The van der Waals surface area contributed by atoms with Gasteiger partial charge in [-0.1, -0.05) is 0 Å². The van der Waals surface area contributed by atoms with Crippen LogP contribution < -0.4 is 4.74 Å². The summed E-state index contributed by atoms with van der Waals surface area (Å²) in [6, 6.07) is 4.10. The lowest BCUT2D eigenvalue weighted by Crippen LogP contribution is -2.36. The first-order valence-corrected chi connectivity index (χ1v) is 8.26. The van der Waals surface area contributed by atoms with Crippen molar-refractivity contribution in [3.63, 3.8) is 0 Å². The van der Waals surface area contributed by atoms with Crippen molar-refractivity contribution in [2.24, 2.45) is 0 Å². The molecule has 2 aromatic rings. The van der Waals surface area contributed by atoms with E-state index in [4.69, 9.17) is 0 Å². The lowest BCUT2D eigenvalue weighted by Gasteiger charge is -2.26. The Morgan fingerprint density at radius 2 is 1.92 bits per heavy atom. The molecule has 0 spiro atoms. The summed E-state index contributed by atoms with van der Waals surface area (Å²) in [7, 11) is -3.84. The highest BCUT2D eigenvalue weighted by molar-refractivity contribution is 7.89.